The summed E-state index contributed by atoms with van der Waals surface area (Å²) < 4.78 is 34.4. The van der Waals surface area contributed by atoms with Gasteiger partial charge in [0.15, 0.2) is 14.5 Å². The Bertz CT molecular complexity index is 1480. The fraction of sp³-hybridized carbons (Fsp3) is 0.515. The first kappa shape index (κ1) is 31.6. The number of aryl methyl sites for hydroxylation is 1. The highest BCUT2D eigenvalue weighted by molar-refractivity contribution is 6.74. The zero-order valence-electron chi connectivity index (χ0n) is 26.0. The van der Waals surface area contributed by atoms with Gasteiger partial charge in [0.2, 0.25) is 0 Å². The standard InChI is InChI=1S/C33H44N2O7Si/c1-23-18-35(31(37)34-29(23)36)30-28-33(39-20-25-15-11-8-12-16-25,17-26(41-28)21-40-43(5,6)32(2,3)4)27(42-30)22-38-19-24-13-9-7-10-14-24/h7-16,18,26-28,30H,17,19-22H2,1-6H3,(H,34,36,37)/t26-,27-,28-,30-,33-/m1/s1. The van der Waals surface area contributed by atoms with E-state index < -0.39 is 43.6 Å². The van der Waals surface area contributed by atoms with Crippen LogP contribution in [0.3, 0.4) is 0 Å². The molecule has 2 aliphatic heterocycles. The molecular formula is C33H44N2O7Si. The third kappa shape index (κ3) is 6.79. The second-order valence-electron chi connectivity index (χ2n) is 13.2. The summed E-state index contributed by atoms with van der Waals surface area (Å²) in [5, 5.41) is 0.0448. The summed E-state index contributed by atoms with van der Waals surface area (Å²) in [5.74, 6) is 0. The van der Waals surface area contributed by atoms with Crippen molar-refractivity contribution in [2.24, 2.45) is 0 Å². The molecule has 5 rings (SSSR count). The molecule has 1 aromatic heterocycles. The molecule has 0 spiro atoms. The Morgan fingerprint density at radius 3 is 2.21 bits per heavy atom. The van der Waals surface area contributed by atoms with Crippen molar-refractivity contribution < 1.29 is 23.4 Å². The fourth-order valence-electron chi connectivity index (χ4n) is 5.49. The van der Waals surface area contributed by atoms with Crippen LogP contribution in [0.1, 0.15) is 50.1 Å². The normalized spacial score (nSPS) is 25.6. The van der Waals surface area contributed by atoms with Gasteiger partial charge in [0.1, 0.15) is 17.8 Å². The molecule has 1 N–H and O–H groups in total. The molecule has 2 aliphatic rings. The van der Waals surface area contributed by atoms with Crippen molar-refractivity contribution in [1.82, 2.24) is 9.55 Å². The smallest absolute Gasteiger partial charge is 0.330 e. The molecule has 0 bridgehead atoms. The summed E-state index contributed by atoms with van der Waals surface area (Å²) in [5.41, 5.74) is 0.542. The molecule has 0 radical (unpaired) electrons. The van der Waals surface area contributed by atoms with Gasteiger partial charge >= 0.3 is 5.69 Å². The van der Waals surface area contributed by atoms with Gasteiger partial charge in [-0.1, -0.05) is 81.4 Å². The van der Waals surface area contributed by atoms with Crippen LogP contribution in [0, 0.1) is 6.92 Å². The van der Waals surface area contributed by atoms with Crippen LogP contribution < -0.4 is 11.2 Å². The number of fused-ring (bicyclic) bond motifs is 1. The minimum atomic E-state index is -2.05. The SMILES string of the molecule is Cc1cn([C@@H]2O[C@H](COCc3ccccc3)[C@]3(OCc4ccccc4)C[C@H](CO[Si](C)(C)C(C)(C)C)O[C@H]23)c(=O)[nH]c1=O. The third-order valence-corrected chi connectivity index (χ3v) is 13.6. The first-order valence-electron chi connectivity index (χ1n) is 15.0. The Kier molecular flexibility index (Phi) is 9.27. The highest BCUT2D eigenvalue weighted by atomic mass is 28.4. The number of ether oxygens (including phenoxy) is 4. The van der Waals surface area contributed by atoms with E-state index in [2.05, 4.69) is 38.8 Å². The topological polar surface area (TPSA) is 101 Å². The minimum Gasteiger partial charge on any atom is -0.414 e. The number of aromatic nitrogens is 2. The van der Waals surface area contributed by atoms with E-state index in [1.165, 1.54) is 10.8 Å². The summed E-state index contributed by atoms with van der Waals surface area (Å²) in [6.07, 6.45) is -0.264. The molecule has 3 aromatic rings. The number of aromatic amines is 1. The van der Waals surface area contributed by atoms with Crippen LogP contribution in [0.15, 0.2) is 76.4 Å². The van der Waals surface area contributed by atoms with Crippen molar-refractivity contribution >= 4 is 8.32 Å². The van der Waals surface area contributed by atoms with Crippen LogP contribution in [0.25, 0.3) is 0 Å². The molecule has 3 heterocycles. The van der Waals surface area contributed by atoms with Crippen molar-refractivity contribution in [3.63, 3.8) is 0 Å². The summed E-state index contributed by atoms with van der Waals surface area (Å²) in [7, 11) is -2.05. The van der Waals surface area contributed by atoms with Crippen molar-refractivity contribution in [3.8, 4) is 0 Å². The maximum Gasteiger partial charge on any atom is 0.330 e. The van der Waals surface area contributed by atoms with Gasteiger partial charge < -0.3 is 23.4 Å². The first-order chi connectivity index (χ1) is 20.4. The van der Waals surface area contributed by atoms with Crippen molar-refractivity contribution in [1.29, 1.82) is 0 Å². The number of nitrogens with zero attached hydrogens (tertiary/aromatic N) is 1. The van der Waals surface area contributed by atoms with E-state index in [-0.39, 0.29) is 17.7 Å². The van der Waals surface area contributed by atoms with E-state index in [1.807, 2.05) is 60.7 Å². The van der Waals surface area contributed by atoms with Gasteiger partial charge in [-0.05, 0) is 36.2 Å². The zero-order valence-corrected chi connectivity index (χ0v) is 27.0. The largest absolute Gasteiger partial charge is 0.414 e. The highest BCUT2D eigenvalue weighted by Crippen LogP contribution is 2.50. The first-order valence-corrected chi connectivity index (χ1v) is 17.9. The lowest BCUT2D eigenvalue weighted by Gasteiger charge is -2.37. The summed E-state index contributed by atoms with van der Waals surface area (Å²) in [6.45, 7) is 14.1. The number of hydrogen-bond acceptors (Lipinski definition) is 7. The monoisotopic (exact) mass is 608 g/mol. The summed E-state index contributed by atoms with van der Waals surface area (Å²) in [4.78, 5) is 27.7. The Hall–Kier alpha value is -2.86. The average molecular weight is 609 g/mol. The number of H-pyrrole nitrogens is 1. The van der Waals surface area contributed by atoms with Crippen LogP contribution in [0.4, 0.5) is 0 Å². The van der Waals surface area contributed by atoms with Crippen LogP contribution in [-0.4, -0.2) is 55.0 Å². The van der Waals surface area contributed by atoms with Gasteiger partial charge in [0.05, 0.1) is 32.5 Å². The van der Waals surface area contributed by atoms with Gasteiger partial charge in [-0.3, -0.25) is 14.3 Å². The predicted octanol–water partition coefficient (Wildman–Crippen LogP) is 5.09. The fourth-order valence-corrected chi connectivity index (χ4v) is 6.52. The average Bonchev–Trinajstić information content (AvgIpc) is 3.47. The molecule has 0 amide bonds. The van der Waals surface area contributed by atoms with Gasteiger partial charge in [0.25, 0.3) is 5.56 Å². The van der Waals surface area contributed by atoms with Gasteiger partial charge in [0, 0.05) is 18.2 Å². The molecule has 43 heavy (non-hydrogen) atoms. The highest BCUT2D eigenvalue weighted by Gasteiger charge is 2.64. The summed E-state index contributed by atoms with van der Waals surface area (Å²) >= 11 is 0. The molecule has 0 aliphatic carbocycles. The Balaban J connectivity index is 1.48. The van der Waals surface area contributed by atoms with Crippen LogP contribution >= 0.6 is 0 Å². The van der Waals surface area contributed by atoms with E-state index >= 15 is 0 Å². The van der Waals surface area contributed by atoms with Gasteiger partial charge in [-0.2, -0.15) is 0 Å². The molecule has 0 saturated carbocycles. The van der Waals surface area contributed by atoms with Gasteiger partial charge in [-0.25, -0.2) is 4.79 Å². The maximum absolute atomic E-state index is 13.1. The number of rotatable bonds is 11. The third-order valence-electron chi connectivity index (χ3n) is 9.06. The van der Waals surface area contributed by atoms with Crippen LogP contribution in [0.2, 0.25) is 18.1 Å². The molecule has 2 aromatic carbocycles. The predicted molar refractivity (Wildman–Crippen MR) is 166 cm³/mol. The lowest BCUT2D eigenvalue weighted by molar-refractivity contribution is -0.134. The molecule has 9 nitrogen and oxygen atoms in total. The lowest BCUT2D eigenvalue weighted by atomic mass is 9.89. The van der Waals surface area contributed by atoms with Crippen LogP contribution in [-0.2, 0) is 36.6 Å². The second kappa shape index (κ2) is 12.6. The summed E-state index contributed by atoms with van der Waals surface area (Å²) in [6, 6.07) is 19.9. The molecule has 2 fully saturated rings. The quantitative estimate of drug-likeness (QED) is 0.303. The molecule has 2 saturated heterocycles. The zero-order chi connectivity index (χ0) is 30.8. The molecule has 232 valence electrons. The van der Waals surface area contributed by atoms with Crippen molar-refractivity contribution in [3.05, 3.63) is 104 Å². The van der Waals surface area contributed by atoms with E-state index in [1.54, 1.807) is 6.92 Å². The van der Waals surface area contributed by atoms with E-state index in [0.717, 1.165) is 11.1 Å². The van der Waals surface area contributed by atoms with Gasteiger partial charge in [-0.15, -0.1) is 0 Å². The van der Waals surface area contributed by atoms with E-state index in [0.29, 0.717) is 31.8 Å². The second-order valence-corrected chi connectivity index (χ2v) is 18.0. The molecular weight excluding hydrogens is 564 g/mol. The number of nitrogens with one attached hydrogen (secondary N) is 1. The van der Waals surface area contributed by atoms with Crippen molar-refractivity contribution in [2.75, 3.05) is 13.2 Å². The lowest BCUT2D eigenvalue weighted by Crippen LogP contribution is -2.49. The minimum absolute atomic E-state index is 0.0448. The van der Waals surface area contributed by atoms with E-state index in [4.69, 9.17) is 23.4 Å². The van der Waals surface area contributed by atoms with E-state index in [9.17, 15) is 9.59 Å². The van der Waals surface area contributed by atoms with Crippen molar-refractivity contribution in [2.45, 2.75) is 95.6 Å². The number of benzene rings is 2. The Labute approximate surface area is 254 Å². The molecule has 10 heteroatoms. The maximum atomic E-state index is 13.1. The molecule has 0 unspecified atom stereocenters. The van der Waals surface area contributed by atoms with Crippen LogP contribution in [0.5, 0.6) is 0 Å². The number of hydrogen-bond donors (Lipinski definition) is 1. The Morgan fingerprint density at radius 2 is 1.58 bits per heavy atom. The Morgan fingerprint density at radius 1 is 0.953 bits per heavy atom. The molecule has 5 atom stereocenters.